The van der Waals surface area contributed by atoms with E-state index in [4.69, 9.17) is 0 Å². The van der Waals surface area contributed by atoms with Crippen LogP contribution in [0.25, 0.3) is 0 Å². The zero-order valence-corrected chi connectivity index (χ0v) is 5.21. The first-order valence-electron chi connectivity index (χ1n) is 2.64. The van der Waals surface area contributed by atoms with Crippen LogP contribution >= 0.6 is 0 Å². The molecule has 1 saturated heterocycles. The summed E-state index contributed by atoms with van der Waals surface area (Å²) < 4.78 is 0. The van der Waals surface area contributed by atoms with E-state index in [0.29, 0.717) is 6.08 Å². The Morgan fingerprint density at radius 1 is 1.36 bits per heavy atom. The maximum Gasteiger partial charge on any atom is 0.326 e. The van der Waals surface area contributed by atoms with Gasteiger partial charge in [-0.25, -0.2) is 4.79 Å². The molecule has 1 aliphatic rings. The van der Waals surface area contributed by atoms with E-state index in [-0.39, 0.29) is 5.70 Å². The molecule has 0 bridgehead atoms. The summed E-state index contributed by atoms with van der Waals surface area (Å²) in [5.74, 6) is -2.29. The molecule has 1 rings (SSSR count). The van der Waals surface area contributed by atoms with Crippen LogP contribution in [0.15, 0.2) is 11.8 Å². The standard InChI is InChI=1S/C5H4N2O4/c8-3(9)1-2-4(10)7-5(11)6-2/h1H,(H,8,9)(H2,6,7,10,11)/p-1/b2-1-. The van der Waals surface area contributed by atoms with Gasteiger partial charge in [-0.2, -0.15) is 0 Å². The van der Waals surface area contributed by atoms with E-state index in [1.165, 1.54) is 0 Å². The molecule has 1 heterocycles. The highest BCUT2D eigenvalue weighted by molar-refractivity contribution is 6.13. The molecule has 1 aliphatic heterocycles. The van der Waals surface area contributed by atoms with Crippen LogP contribution < -0.4 is 15.7 Å². The maximum atomic E-state index is 10.6. The van der Waals surface area contributed by atoms with E-state index in [9.17, 15) is 19.5 Å². The quantitative estimate of drug-likeness (QED) is 0.322. The summed E-state index contributed by atoms with van der Waals surface area (Å²) in [4.78, 5) is 30.8. The molecule has 0 unspecified atom stereocenters. The minimum Gasteiger partial charge on any atom is -0.545 e. The van der Waals surface area contributed by atoms with Gasteiger partial charge in [-0.1, -0.05) is 0 Å². The van der Waals surface area contributed by atoms with Gasteiger partial charge >= 0.3 is 6.03 Å². The van der Waals surface area contributed by atoms with Crippen LogP contribution in [-0.4, -0.2) is 17.9 Å². The van der Waals surface area contributed by atoms with Gasteiger partial charge in [-0.15, -0.1) is 0 Å². The average Bonchev–Trinajstić information content (AvgIpc) is 2.09. The molecular weight excluding hydrogens is 152 g/mol. The Kier molecular flexibility index (Phi) is 1.59. The molecule has 0 aliphatic carbocycles. The van der Waals surface area contributed by atoms with Gasteiger partial charge in [-0.3, -0.25) is 10.1 Å². The second-order valence-electron chi connectivity index (χ2n) is 1.79. The Hall–Kier alpha value is -1.85. The van der Waals surface area contributed by atoms with Crippen molar-refractivity contribution in [1.29, 1.82) is 0 Å². The SMILES string of the molecule is O=C([O-])/C=C1\NC(=O)NC1=O. The average molecular weight is 155 g/mol. The summed E-state index contributed by atoms with van der Waals surface area (Å²) >= 11 is 0. The lowest BCUT2D eigenvalue weighted by Crippen LogP contribution is -2.22. The van der Waals surface area contributed by atoms with Crippen LogP contribution in [0.1, 0.15) is 0 Å². The number of urea groups is 1. The largest absolute Gasteiger partial charge is 0.545 e. The molecule has 0 aromatic rings. The number of carbonyl (C=O) groups is 3. The number of nitrogens with one attached hydrogen (secondary N) is 2. The molecule has 0 radical (unpaired) electrons. The Morgan fingerprint density at radius 2 is 2.00 bits per heavy atom. The van der Waals surface area contributed by atoms with Gasteiger partial charge in [0, 0.05) is 0 Å². The van der Waals surface area contributed by atoms with Gasteiger partial charge in [0.2, 0.25) is 0 Å². The van der Waals surface area contributed by atoms with E-state index in [1.54, 1.807) is 0 Å². The predicted molar refractivity (Wildman–Crippen MR) is 29.8 cm³/mol. The zero-order valence-electron chi connectivity index (χ0n) is 5.21. The number of aliphatic carboxylic acids is 1. The smallest absolute Gasteiger partial charge is 0.326 e. The number of imide groups is 1. The summed E-state index contributed by atoms with van der Waals surface area (Å²) in [6.45, 7) is 0. The van der Waals surface area contributed by atoms with Crippen LogP contribution in [0.5, 0.6) is 0 Å². The second-order valence-corrected chi connectivity index (χ2v) is 1.79. The fourth-order valence-electron chi connectivity index (χ4n) is 0.600. The molecule has 0 aromatic heterocycles. The van der Waals surface area contributed by atoms with Crippen LogP contribution in [0.3, 0.4) is 0 Å². The number of hydrogen-bond acceptors (Lipinski definition) is 4. The monoisotopic (exact) mass is 155 g/mol. The van der Waals surface area contributed by atoms with Crippen molar-refractivity contribution in [2.75, 3.05) is 0 Å². The normalized spacial score (nSPS) is 19.8. The first-order chi connectivity index (χ1) is 5.09. The molecule has 2 N–H and O–H groups in total. The zero-order chi connectivity index (χ0) is 8.43. The van der Waals surface area contributed by atoms with Crippen molar-refractivity contribution in [2.24, 2.45) is 0 Å². The van der Waals surface area contributed by atoms with E-state index >= 15 is 0 Å². The molecular formula is C5H3N2O4-. The first-order valence-corrected chi connectivity index (χ1v) is 2.64. The topological polar surface area (TPSA) is 98.3 Å². The summed E-state index contributed by atoms with van der Waals surface area (Å²) in [5.41, 5.74) is -0.310. The van der Waals surface area contributed by atoms with Crippen LogP contribution in [0, 0.1) is 0 Å². The second kappa shape index (κ2) is 2.41. The lowest BCUT2D eigenvalue weighted by molar-refractivity contribution is -0.297. The maximum absolute atomic E-state index is 10.6. The fraction of sp³-hybridized carbons (Fsp3) is 0. The third-order valence-corrected chi connectivity index (χ3v) is 0.982. The third-order valence-electron chi connectivity index (χ3n) is 0.982. The van der Waals surface area contributed by atoms with Gasteiger partial charge in [0.1, 0.15) is 5.70 Å². The summed E-state index contributed by atoms with van der Waals surface area (Å²) in [7, 11) is 0. The van der Waals surface area contributed by atoms with Gasteiger partial charge in [0.05, 0.1) is 5.97 Å². The Bertz CT molecular complexity index is 268. The van der Waals surface area contributed by atoms with Crippen LogP contribution in [-0.2, 0) is 9.59 Å². The van der Waals surface area contributed by atoms with Crippen molar-refractivity contribution < 1.29 is 19.5 Å². The Labute approximate surface area is 60.9 Å². The van der Waals surface area contributed by atoms with Crippen molar-refractivity contribution in [3.63, 3.8) is 0 Å². The van der Waals surface area contributed by atoms with Gasteiger partial charge in [-0.05, 0) is 6.08 Å². The van der Waals surface area contributed by atoms with Gasteiger partial charge in [0.15, 0.2) is 0 Å². The van der Waals surface area contributed by atoms with E-state index in [0.717, 1.165) is 0 Å². The molecule has 0 atom stereocenters. The minimum absolute atomic E-state index is 0.310. The van der Waals surface area contributed by atoms with Crippen molar-refractivity contribution in [3.05, 3.63) is 11.8 Å². The fourth-order valence-corrected chi connectivity index (χ4v) is 0.600. The number of carbonyl (C=O) groups excluding carboxylic acids is 3. The molecule has 3 amide bonds. The Morgan fingerprint density at radius 3 is 2.36 bits per heavy atom. The van der Waals surface area contributed by atoms with E-state index in [2.05, 4.69) is 0 Å². The van der Waals surface area contributed by atoms with E-state index < -0.39 is 17.9 Å². The summed E-state index contributed by atoms with van der Waals surface area (Å²) in [5, 5.41) is 13.7. The molecule has 1 fully saturated rings. The molecule has 6 nitrogen and oxygen atoms in total. The Balaban J connectivity index is 2.83. The van der Waals surface area contributed by atoms with Gasteiger partial charge in [0.25, 0.3) is 5.91 Å². The number of carboxylic acids is 1. The lowest BCUT2D eigenvalue weighted by atomic mass is 10.4. The van der Waals surface area contributed by atoms with Gasteiger partial charge < -0.3 is 15.2 Å². The van der Waals surface area contributed by atoms with E-state index in [1.807, 2.05) is 10.6 Å². The summed E-state index contributed by atoms with van der Waals surface area (Å²) in [6, 6.07) is -0.734. The van der Waals surface area contributed by atoms with Crippen LogP contribution in [0.2, 0.25) is 0 Å². The highest BCUT2D eigenvalue weighted by Gasteiger charge is 2.22. The number of carboxylic acid groups (broad SMARTS) is 1. The predicted octanol–water partition coefficient (Wildman–Crippen LogP) is -2.54. The van der Waals surface area contributed by atoms with Crippen molar-refractivity contribution in [3.8, 4) is 0 Å². The highest BCUT2D eigenvalue weighted by Crippen LogP contribution is 1.95. The van der Waals surface area contributed by atoms with Crippen molar-refractivity contribution in [2.45, 2.75) is 0 Å². The molecule has 0 saturated carbocycles. The number of amides is 3. The first kappa shape index (κ1) is 7.26. The molecule has 11 heavy (non-hydrogen) atoms. The third kappa shape index (κ3) is 1.54. The minimum atomic E-state index is -1.53. The van der Waals surface area contributed by atoms with Crippen molar-refractivity contribution >= 4 is 17.9 Å². The highest BCUT2D eigenvalue weighted by atomic mass is 16.4. The van der Waals surface area contributed by atoms with Crippen molar-refractivity contribution in [1.82, 2.24) is 10.6 Å². The molecule has 0 aromatic carbocycles. The number of rotatable bonds is 1. The molecule has 0 spiro atoms. The number of hydrogen-bond donors (Lipinski definition) is 2. The molecule has 6 heteroatoms. The lowest BCUT2D eigenvalue weighted by Gasteiger charge is -1.93. The van der Waals surface area contributed by atoms with Crippen LogP contribution in [0.4, 0.5) is 4.79 Å². The molecule has 58 valence electrons. The summed E-state index contributed by atoms with van der Waals surface area (Å²) in [6.07, 6.45) is 0.514.